The number of carbonyl (C=O) groups is 1. The Morgan fingerprint density at radius 1 is 1.28 bits per heavy atom. The van der Waals surface area contributed by atoms with Crippen LogP contribution in [0, 0.1) is 0 Å². The second kappa shape index (κ2) is 10.5. The normalized spacial score (nSPS) is 14.0. The van der Waals surface area contributed by atoms with Crippen LogP contribution in [0.1, 0.15) is 19.3 Å². The van der Waals surface area contributed by atoms with E-state index in [4.69, 9.17) is 0 Å². The minimum Gasteiger partial charge on any atom is -0.348 e. The molecule has 1 aliphatic heterocycles. The van der Waals surface area contributed by atoms with Gasteiger partial charge in [-0.05, 0) is 43.7 Å². The molecular weight excluding hydrogens is 462 g/mol. The first-order chi connectivity index (χ1) is 15.6. The van der Waals surface area contributed by atoms with Gasteiger partial charge < -0.3 is 10.2 Å². The van der Waals surface area contributed by atoms with Gasteiger partial charge >= 0.3 is 0 Å². The summed E-state index contributed by atoms with van der Waals surface area (Å²) in [6.07, 6.45) is 7.17. The highest BCUT2D eigenvalue weighted by Crippen LogP contribution is 2.29. The van der Waals surface area contributed by atoms with E-state index in [2.05, 4.69) is 26.8 Å². The van der Waals surface area contributed by atoms with E-state index in [0.717, 1.165) is 41.6 Å². The number of rotatable bonds is 8. The molecule has 1 aromatic carbocycles. The summed E-state index contributed by atoms with van der Waals surface area (Å²) in [4.78, 5) is 38.3. The molecule has 4 rings (SSSR count). The molecule has 10 heteroatoms. The van der Waals surface area contributed by atoms with Gasteiger partial charge in [0.1, 0.15) is 4.70 Å². The molecule has 3 aromatic rings. The third kappa shape index (κ3) is 5.19. The van der Waals surface area contributed by atoms with Crippen LogP contribution in [0.4, 0.5) is 10.8 Å². The second-order valence-electron chi connectivity index (χ2n) is 7.36. The van der Waals surface area contributed by atoms with Crippen LogP contribution in [0.15, 0.2) is 51.8 Å². The van der Waals surface area contributed by atoms with E-state index >= 15 is 0 Å². The van der Waals surface area contributed by atoms with Gasteiger partial charge in [-0.1, -0.05) is 35.2 Å². The molecule has 32 heavy (non-hydrogen) atoms. The summed E-state index contributed by atoms with van der Waals surface area (Å²) in [7, 11) is 0. The predicted molar refractivity (Wildman–Crippen MR) is 136 cm³/mol. The fraction of sp³-hybridized carbons (Fsp3) is 0.364. The smallest absolute Gasteiger partial charge is 0.274 e. The van der Waals surface area contributed by atoms with E-state index in [0.29, 0.717) is 22.0 Å². The molecule has 0 atom stereocenters. The highest BCUT2D eigenvalue weighted by Gasteiger charge is 2.20. The lowest BCUT2D eigenvalue weighted by Gasteiger charge is -2.25. The molecule has 0 bridgehead atoms. The summed E-state index contributed by atoms with van der Waals surface area (Å²) in [6, 6.07) is 7.70. The number of amides is 1. The third-order valence-electron chi connectivity index (χ3n) is 5.09. The highest BCUT2D eigenvalue weighted by atomic mass is 32.2. The Kier molecular flexibility index (Phi) is 7.54. The minimum absolute atomic E-state index is 0.133. The molecule has 1 amide bonds. The van der Waals surface area contributed by atoms with Crippen LogP contribution in [-0.4, -0.2) is 45.5 Å². The summed E-state index contributed by atoms with van der Waals surface area (Å²) < 4.78 is 2.12. The Bertz CT molecular complexity index is 1180. The Labute approximate surface area is 199 Å². The second-order valence-corrected chi connectivity index (χ2v) is 10.2. The van der Waals surface area contributed by atoms with Gasteiger partial charge in [-0.25, -0.2) is 4.98 Å². The lowest BCUT2D eigenvalue weighted by molar-refractivity contribution is -0.113. The number of benzene rings is 1. The molecule has 7 nitrogen and oxygen atoms in total. The van der Waals surface area contributed by atoms with Gasteiger partial charge in [0.25, 0.3) is 5.56 Å². The highest BCUT2D eigenvalue weighted by molar-refractivity contribution is 7.99. The maximum atomic E-state index is 13.2. The van der Waals surface area contributed by atoms with Crippen molar-refractivity contribution in [2.75, 3.05) is 35.3 Å². The number of carbonyl (C=O) groups excluding carboxylic acids is 1. The van der Waals surface area contributed by atoms with Gasteiger partial charge in [0.15, 0.2) is 15.9 Å². The Morgan fingerprint density at radius 2 is 2.09 bits per heavy atom. The molecule has 3 heterocycles. The van der Waals surface area contributed by atoms with Gasteiger partial charge in [0.05, 0.1) is 5.75 Å². The number of anilines is 2. The number of thiazole rings is 1. The number of thioether (sulfide) groups is 2. The zero-order chi connectivity index (χ0) is 22.5. The maximum absolute atomic E-state index is 13.2. The van der Waals surface area contributed by atoms with Crippen LogP contribution < -0.4 is 15.8 Å². The van der Waals surface area contributed by atoms with E-state index in [-0.39, 0.29) is 17.2 Å². The van der Waals surface area contributed by atoms with Gasteiger partial charge in [-0.15, -0.1) is 18.3 Å². The Hall–Kier alpha value is -2.30. The molecule has 0 aliphatic carbocycles. The molecule has 0 radical (unpaired) electrons. The van der Waals surface area contributed by atoms with Crippen LogP contribution >= 0.6 is 34.9 Å². The lowest BCUT2D eigenvalue weighted by atomic mass is 10.1. The quantitative estimate of drug-likeness (QED) is 0.285. The average molecular weight is 488 g/mol. The number of nitrogens with zero attached hydrogens (tertiary/aromatic N) is 4. The molecule has 2 aromatic heterocycles. The molecule has 1 fully saturated rings. The van der Waals surface area contributed by atoms with Crippen molar-refractivity contribution in [1.82, 2.24) is 14.5 Å². The number of hydrogen-bond acceptors (Lipinski definition) is 8. The lowest BCUT2D eigenvalue weighted by Crippen LogP contribution is -2.29. The number of allylic oxidation sites excluding steroid dienone is 1. The Balaban J connectivity index is 1.55. The third-order valence-corrected chi connectivity index (χ3v) is 7.89. The van der Waals surface area contributed by atoms with Crippen LogP contribution in [0.2, 0.25) is 0 Å². The van der Waals surface area contributed by atoms with E-state index in [1.807, 2.05) is 30.5 Å². The summed E-state index contributed by atoms with van der Waals surface area (Å²) in [6.45, 7) is 6.01. The molecule has 0 spiro atoms. The number of fused-ring (bicyclic) bond motifs is 1. The van der Waals surface area contributed by atoms with Gasteiger partial charge in [-0.3, -0.25) is 14.2 Å². The summed E-state index contributed by atoms with van der Waals surface area (Å²) >= 11 is 4.26. The first-order valence-corrected chi connectivity index (χ1v) is 13.5. The number of hydrogen-bond donors (Lipinski definition) is 1. The zero-order valence-electron chi connectivity index (χ0n) is 17.9. The van der Waals surface area contributed by atoms with Crippen LogP contribution in [-0.2, 0) is 11.3 Å². The summed E-state index contributed by atoms with van der Waals surface area (Å²) in [5.41, 5.74) is 1.07. The molecule has 1 aliphatic rings. The van der Waals surface area contributed by atoms with Gasteiger partial charge in [0, 0.05) is 30.2 Å². The van der Waals surface area contributed by atoms with Crippen molar-refractivity contribution in [2.24, 2.45) is 0 Å². The zero-order valence-corrected chi connectivity index (χ0v) is 20.3. The number of nitrogens with one attached hydrogen (secondary N) is 1. The van der Waals surface area contributed by atoms with Crippen molar-refractivity contribution in [3.63, 3.8) is 0 Å². The van der Waals surface area contributed by atoms with E-state index in [1.165, 1.54) is 29.5 Å². The maximum Gasteiger partial charge on any atom is 0.274 e. The van der Waals surface area contributed by atoms with E-state index < -0.39 is 0 Å². The molecular formula is C22H25N5O2S3. The summed E-state index contributed by atoms with van der Waals surface area (Å²) in [5.74, 6) is -0.0122. The van der Waals surface area contributed by atoms with Crippen molar-refractivity contribution in [1.29, 1.82) is 0 Å². The molecule has 168 valence electrons. The average Bonchev–Trinajstić information content (AvgIpc) is 3.25. The van der Waals surface area contributed by atoms with Gasteiger partial charge in [0.2, 0.25) is 5.91 Å². The van der Waals surface area contributed by atoms with Crippen molar-refractivity contribution >= 4 is 61.9 Å². The van der Waals surface area contributed by atoms with Crippen molar-refractivity contribution < 1.29 is 4.79 Å². The Morgan fingerprint density at radius 3 is 2.84 bits per heavy atom. The van der Waals surface area contributed by atoms with Crippen LogP contribution in [0.5, 0.6) is 0 Å². The van der Waals surface area contributed by atoms with Crippen molar-refractivity contribution in [2.45, 2.75) is 35.9 Å². The molecule has 1 saturated heterocycles. The fourth-order valence-corrected chi connectivity index (χ4v) is 5.79. The largest absolute Gasteiger partial charge is 0.348 e. The first-order valence-electron chi connectivity index (χ1n) is 10.4. The minimum atomic E-state index is -0.153. The monoisotopic (exact) mass is 487 g/mol. The van der Waals surface area contributed by atoms with E-state index in [1.54, 1.807) is 22.4 Å². The topological polar surface area (TPSA) is 80.1 Å². The molecule has 0 unspecified atom stereocenters. The summed E-state index contributed by atoms with van der Waals surface area (Å²) in [5, 5.41) is 4.24. The first kappa shape index (κ1) is 22.9. The van der Waals surface area contributed by atoms with Crippen molar-refractivity contribution in [3.8, 4) is 0 Å². The number of piperidine rings is 1. The van der Waals surface area contributed by atoms with Crippen LogP contribution in [0.3, 0.4) is 0 Å². The van der Waals surface area contributed by atoms with Gasteiger partial charge in [-0.2, -0.15) is 4.98 Å². The van der Waals surface area contributed by atoms with E-state index in [9.17, 15) is 9.59 Å². The standard InChI is InChI=1S/C22H25N5O2S3/c1-3-10-27-20(29)18-19(24-21(32-18)26-11-5-4-6-12-26)25-22(27)31-14-17(28)23-15-8-7-9-16(13-15)30-2/h3,7-9,13H,1,4-6,10-12,14H2,2H3,(H,23,28). The predicted octanol–water partition coefficient (Wildman–Crippen LogP) is 4.48. The fourth-order valence-electron chi connectivity index (χ4n) is 3.53. The SMILES string of the molecule is C=CCn1c(SCC(=O)Nc2cccc(SC)c2)nc2nc(N3CCCCC3)sc2c1=O. The van der Waals surface area contributed by atoms with Crippen LogP contribution in [0.25, 0.3) is 10.3 Å². The molecule has 0 saturated carbocycles. The number of aromatic nitrogens is 3. The molecule has 1 N–H and O–H groups in total. The van der Waals surface area contributed by atoms with Crippen molar-refractivity contribution in [3.05, 3.63) is 47.3 Å².